The van der Waals surface area contributed by atoms with Crippen molar-refractivity contribution in [2.75, 3.05) is 19.5 Å². The minimum absolute atomic E-state index is 0.0761. The van der Waals surface area contributed by atoms with Crippen LogP contribution < -0.4 is 25.7 Å². The lowest BCUT2D eigenvalue weighted by atomic mass is 10.0. The van der Waals surface area contributed by atoms with Gasteiger partial charge in [0.15, 0.2) is 11.5 Å². The van der Waals surface area contributed by atoms with Crippen LogP contribution in [0, 0.1) is 5.92 Å². The summed E-state index contributed by atoms with van der Waals surface area (Å²) in [6.45, 7) is 3.28. The van der Waals surface area contributed by atoms with E-state index >= 15 is 0 Å². The van der Waals surface area contributed by atoms with Crippen LogP contribution in [0.5, 0.6) is 17.2 Å². The molecule has 1 aromatic heterocycles. The molecule has 1 atom stereocenters. The Labute approximate surface area is 190 Å². The lowest BCUT2D eigenvalue weighted by Crippen LogP contribution is -2.48. The van der Waals surface area contributed by atoms with Gasteiger partial charge in [-0.15, -0.1) is 0 Å². The molecule has 10 heteroatoms. The van der Waals surface area contributed by atoms with Crippen LogP contribution in [-0.4, -0.2) is 46.7 Å². The molecule has 0 radical (unpaired) electrons. The van der Waals surface area contributed by atoms with Crippen LogP contribution in [0.3, 0.4) is 0 Å². The Morgan fingerprint density at radius 3 is 2.33 bits per heavy atom. The number of phenolic OH excluding ortho intramolecular Hbond substituents is 1. The molecule has 2 amide bonds. The van der Waals surface area contributed by atoms with E-state index in [-0.39, 0.29) is 23.6 Å². The van der Waals surface area contributed by atoms with Crippen LogP contribution in [0.25, 0.3) is 10.9 Å². The number of carbonyl (C=O) groups excluding carboxylic acids is 2. The molecule has 0 aliphatic heterocycles. The SMILES string of the molecule is COc1cc2ncn(CC(=O)NC(C(=O)Nc3ccc(O)cc3)C(C)C)c(=O)c2cc1OC. The Bertz CT molecular complexity index is 1220. The topological polar surface area (TPSA) is 132 Å². The van der Waals surface area contributed by atoms with Gasteiger partial charge in [0.05, 0.1) is 31.4 Å². The Morgan fingerprint density at radius 2 is 1.73 bits per heavy atom. The van der Waals surface area contributed by atoms with Gasteiger partial charge in [-0.25, -0.2) is 4.98 Å². The third-order valence-corrected chi connectivity index (χ3v) is 5.04. The van der Waals surface area contributed by atoms with Gasteiger partial charge in [-0.1, -0.05) is 13.8 Å². The third kappa shape index (κ3) is 5.40. The van der Waals surface area contributed by atoms with E-state index in [4.69, 9.17) is 9.47 Å². The number of methoxy groups -OCH3 is 2. The highest BCUT2D eigenvalue weighted by molar-refractivity contribution is 5.97. The second kappa shape index (κ2) is 10.0. The first kappa shape index (κ1) is 23.6. The number of hydrogen-bond acceptors (Lipinski definition) is 7. The number of nitrogens with one attached hydrogen (secondary N) is 2. The largest absolute Gasteiger partial charge is 0.508 e. The van der Waals surface area contributed by atoms with Crippen molar-refractivity contribution >= 4 is 28.4 Å². The van der Waals surface area contributed by atoms with Crippen molar-refractivity contribution in [2.24, 2.45) is 5.92 Å². The number of anilines is 1. The van der Waals surface area contributed by atoms with Gasteiger partial charge >= 0.3 is 0 Å². The molecule has 3 rings (SSSR count). The van der Waals surface area contributed by atoms with Crippen molar-refractivity contribution in [3.8, 4) is 17.2 Å². The Kier molecular flexibility index (Phi) is 7.17. The molecule has 0 spiro atoms. The first-order valence-electron chi connectivity index (χ1n) is 10.2. The first-order chi connectivity index (χ1) is 15.7. The number of aromatic hydroxyl groups is 1. The van der Waals surface area contributed by atoms with Gasteiger partial charge < -0.3 is 25.2 Å². The number of phenols is 1. The molecule has 0 aliphatic carbocycles. The maximum absolute atomic E-state index is 12.9. The predicted octanol–water partition coefficient (Wildman–Crippen LogP) is 1.90. The second-order valence-corrected chi connectivity index (χ2v) is 7.73. The Morgan fingerprint density at radius 1 is 1.09 bits per heavy atom. The highest BCUT2D eigenvalue weighted by atomic mass is 16.5. The molecule has 10 nitrogen and oxygen atoms in total. The molecule has 1 unspecified atom stereocenters. The predicted molar refractivity (Wildman–Crippen MR) is 123 cm³/mol. The van der Waals surface area contributed by atoms with Crippen molar-refractivity contribution in [2.45, 2.75) is 26.4 Å². The lowest BCUT2D eigenvalue weighted by Gasteiger charge is -2.22. The van der Waals surface area contributed by atoms with Crippen molar-refractivity contribution in [1.29, 1.82) is 0 Å². The molecule has 33 heavy (non-hydrogen) atoms. The zero-order chi connectivity index (χ0) is 24.1. The fourth-order valence-corrected chi connectivity index (χ4v) is 3.27. The van der Waals surface area contributed by atoms with Gasteiger partial charge in [0.2, 0.25) is 11.8 Å². The molecule has 3 N–H and O–H groups in total. The van der Waals surface area contributed by atoms with Crippen LogP contribution >= 0.6 is 0 Å². The van der Waals surface area contributed by atoms with E-state index in [1.54, 1.807) is 32.0 Å². The highest BCUT2D eigenvalue weighted by Crippen LogP contribution is 2.29. The quantitative estimate of drug-likeness (QED) is 0.443. The molecule has 0 fully saturated rings. The van der Waals surface area contributed by atoms with Gasteiger partial charge in [0, 0.05) is 11.8 Å². The van der Waals surface area contributed by atoms with E-state index < -0.39 is 23.4 Å². The summed E-state index contributed by atoms with van der Waals surface area (Å²) in [5.74, 6) is -0.256. The summed E-state index contributed by atoms with van der Waals surface area (Å²) >= 11 is 0. The molecule has 2 aromatic carbocycles. The summed E-state index contributed by atoms with van der Waals surface area (Å²) in [5, 5.41) is 15.0. The van der Waals surface area contributed by atoms with E-state index in [0.717, 1.165) is 0 Å². The van der Waals surface area contributed by atoms with E-state index in [9.17, 15) is 19.5 Å². The number of fused-ring (bicyclic) bond motifs is 1. The molecule has 0 bridgehead atoms. The monoisotopic (exact) mass is 454 g/mol. The molecule has 0 aliphatic rings. The fraction of sp³-hybridized carbons (Fsp3) is 0.304. The zero-order valence-electron chi connectivity index (χ0n) is 18.8. The maximum atomic E-state index is 12.9. The molecule has 0 saturated heterocycles. The van der Waals surface area contributed by atoms with Crippen molar-refractivity contribution < 1.29 is 24.2 Å². The van der Waals surface area contributed by atoms with E-state index in [1.807, 2.05) is 0 Å². The normalized spacial score (nSPS) is 11.8. The minimum atomic E-state index is -0.834. The number of hydrogen-bond donors (Lipinski definition) is 3. The average molecular weight is 454 g/mol. The fourth-order valence-electron chi connectivity index (χ4n) is 3.27. The van der Waals surface area contributed by atoms with Gasteiger partial charge in [-0.05, 0) is 36.2 Å². The van der Waals surface area contributed by atoms with Gasteiger partial charge in [0.1, 0.15) is 18.3 Å². The maximum Gasteiger partial charge on any atom is 0.261 e. The standard InChI is InChI=1S/C23H26N4O6/c1-13(2)21(22(30)25-14-5-7-15(28)8-6-14)26-20(29)11-27-12-24-17-10-19(33-4)18(32-3)9-16(17)23(27)31/h5-10,12-13,21,28H,11H2,1-4H3,(H,25,30)(H,26,29). The summed E-state index contributed by atoms with van der Waals surface area (Å²) < 4.78 is 11.6. The summed E-state index contributed by atoms with van der Waals surface area (Å²) in [4.78, 5) is 42.5. The number of nitrogens with zero attached hydrogens (tertiary/aromatic N) is 2. The molecule has 174 valence electrons. The first-order valence-corrected chi connectivity index (χ1v) is 10.2. The summed E-state index contributed by atoms with van der Waals surface area (Å²) in [7, 11) is 2.94. The highest BCUT2D eigenvalue weighted by Gasteiger charge is 2.24. The number of rotatable bonds is 8. The van der Waals surface area contributed by atoms with Crippen LogP contribution in [-0.2, 0) is 16.1 Å². The zero-order valence-corrected chi connectivity index (χ0v) is 18.8. The molecular weight excluding hydrogens is 428 g/mol. The van der Waals surface area contributed by atoms with Gasteiger partial charge in [-0.2, -0.15) is 0 Å². The number of aromatic nitrogens is 2. The summed E-state index contributed by atoms with van der Waals surface area (Å²) in [6, 6.07) is 8.26. The number of ether oxygens (including phenoxy) is 2. The Balaban J connectivity index is 1.77. The minimum Gasteiger partial charge on any atom is -0.508 e. The summed E-state index contributed by atoms with van der Waals surface area (Å²) in [6.07, 6.45) is 1.27. The summed E-state index contributed by atoms with van der Waals surface area (Å²) in [5.41, 5.74) is 0.463. The molecule has 0 saturated carbocycles. The van der Waals surface area contributed by atoms with Gasteiger partial charge in [0.25, 0.3) is 5.56 Å². The van der Waals surface area contributed by atoms with Crippen LogP contribution in [0.1, 0.15) is 13.8 Å². The molecular formula is C23H26N4O6. The number of amides is 2. The number of benzene rings is 2. The van der Waals surface area contributed by atoms with Crippen LogP contribution in [0.4, 0.5) is 5.69 Å². The van der Waals surface area contributed by atoms with Crippen molar-refractivity contribution in [3.63, 3.8) is 0 Å². The Hall–Kier alpha value is -4.08. The van der Waals surface area contributed by atoms with Crippen molar-refractivity contribution in [1.82, 2.24) is 14.9 Å². The third-order valence-electron chi connectivity index (χ3n) is 5.04. The lowest BCUT2D eigenvalue weighted by molar-refractivity contribution is -0.127. The van der Waals surface area contributed by atoms with Gasteiger partial charge in [-0.3, -0.25) is 19.0 Å². The number of carbonyl (C=O) groups is 2. The van der Waals surface area contributed by atoms with Crippen LogP contribution in [0.15, 0.2) is 47.5 Å². The van der Waals surface area contributed by atoms with Crippen LogP contribution in [0.2, 0.25) is 0 Å². The van der Waals surface area contributed by atoms with Crippen molar-refractivity contribution in [3.05, 3.63) is 53.1 Å². The second-order valence-electron chi connectivity index (χ2n) is 7.73. The average Bonchev–Trinajstić information content (AvgIpc) is 2.79. The van der Waals surface area contributed by atoms with E-state index in [2.05, 4.69) is 15.6 Å². The van der Waals surface area contributed by atoms with E-state index in [0.29, 0.717) is 22.7 Å². The molecule has 1 heterocycles. The molecule has 3 aromatic rings. The smallest absolute Gasteiger partial charge is 0.261 e. The van der Waals surface area contributed by atoms with E-state index in [1.165, 1.54) is 43.3 Å².